The Morgan fingerprint density at radius 1 is 1.06 bits per heavy atom. The molecule has 2 heterocycles. The molecule has 0 spiro atoms. The fourth-order valence-corrected chi connectivity index (χ4v) is 5.73. The lowest BCUT2D eigenvalue weighted by Crippen LogP contribution is -2.40. The van der Waals surface area contributed by atoms with Crippen LogP contribution < -0.4 is 4.90 Å². The molecule has 6 nitrogen and oxygen atoms in total. The zero-order valence-corrected chi connectivity index (χ0v) is 19.4. The monoisotopic (exact) mass is 462 g/mol. The molecule has 1 saturated heterocycles. The number of ether oxygens (including phenoxy) is 1. The van der Waals surface area contributed by atoms with Gasteiger partial charge in [0.2, 0.25) is 10.0 Å². The Bertz CT molecular complexity index is 1090. The molecule has 0 aliphatic carbocycles. The predicted molar refractivity (Wildman–Crippen MR) is 122 cm³/mol. The number of hydrogen-bond acceptors (Lipinski definition) is 4. The van der Waals surface area contributed by atoms with Crippen LogP contribution in [0.4, 0.5) is 5.69 Å². The zero-order chi connectivity index (χ0) is 22.2. The molecule has 2 aromatic carbocycles. The van der Waals surface area contributed by atoms with Crippen LogP contribution >= 0.6 is 11.6 Å². The van der Waals surface area contributed by atoms with Crippen LogP contribution in [-0.2, 0) is 21.2 Å². The van der Waals surface area contributed by atoms with Crippen molar-refractivity contribution in [2.24, 2.45) is 0 Å². The summed E-state index contributed by atoms with van der Waals surface area (Å²) in [6, 6.07) is 10.6. The van der Waals surface area contributed by atoms with E-state index in [1.54, 1.807) is 4.90 Å². The van der Waals surface area contributed by atoms with Crippen LogP contribution in [0.5, 0.6) is 0 Å². The van der Waals surface area contributed by atoms with Gasteiger partial charge in [-0.05, 0) is 54.2 Å². The molecule has 0 saturated carbocycles. The number of benzene rings is 2. The lowest BCUT2D eigenvalue weighted by Gasteiger charge is -2.31. The van der Waals surface area contributed by atoms with E-state index < -0.39 is 10.0 Å². The van der Waals surface area contributed by atoms with Gasteiger partial charge in [0, 0.05) is 25.3 Å². The van der Waals surface area contributed by atoms with Gasteiger partial charge in [-0.2, -0.15) is 4.31 Å². The van der Waals surface area contributed by atoms with Gasteiger partial charge >= 0.3 is 0 Å². The summed E-state index contributed by atoms with van der Waals surface area (Å²) >= 11 is 6.36. The predicted octanol–water partition coefficient (Wildman–Crippen LogP) is 4.08. The summed E-state index contributed by atoms with van der Waals surface area (Å²) < 4.78 is 32.7. The minimum atomic E-state index is -3.72. The summed E-state index contributed by atoms with van der Waals surface area (Å²) in [7, 11) is -3.72. The Kier molecular flexibility index (Phi) is 6.40. The van der Waals surface area contributed by atoms with Gasteiger partial charge in [-0.3, -0.25) is 4.79 Å². The highest BCUT2D eigenvalue weighted by Crippen LogP contribution is 2.33. The maximum atomic E-state index is 13.5. The average molecular weight is 463 g/mol. The van der Waals surface area contributed by atoms with Gasteiger partial charge in [0.05, 0.1) is 28.7 Å². The second kappa shape index (κ2) is 8.90. The van der Waals surface area contributed by atoms with Gasteiger partial charge in [0.1, 0.15) is 0 Å². The molecule has 1 amide bonds. The Balaban J connectivity index is 1.68. The fraction of sp³-hybridized carbons (Fsp3) is 0.435. The minimum absolute atomic E-state index is 0.0783. The third-order valence-electron chi connectivity index (χ3n) is 5.91. The third kappa shape index (κ3) is 4.37. The largest absolute Gasteiger partial charge is 0.379 e. The molecular formula is C23H27ClN2O4S. The summed E-state index contributed by atoms with van der Waals surface area (Å²) in [5, 5.41) is 0.247. The molecule has 8 heteroatoms. The molecule has 0 radical (unpaired) electrons. The van der Waals surface area contributed by atoms with Crippen LogP contribution in [0.15, 0.2) is 41.3 Å². The number of halogens is 1. The van der Waals surface area contributed by atoms with Gasteiger partial charge < -0.3 is 9.64 Å². The highest BCUT2D eigenvalue weighted by atomic mass is 35.5. The van der Waals surface area contributed by atoms with Crippen molar-refractivity contribution in [1.82, 2.24) is 4.31 Å². The van der Waals surface area contributed by atoms with Crippen LogP contribution in [0.1, 0.15) is 47.7 Å². The summed E-state index contributed by atoms with van der Waals surface area (Å²) in [6.07, 6.45) is 1.77. The molecule has 2 aromatic rings. The SMILES string of the molecule is CC(C)c1ccc2c(c1)CCCN2C(=O)c1cc(S(=O)(=O)N2CCOCC2)ccc1Cl. The maximum absolute atomic E-state index is 13.5. The first kappa shape index (κ1) is 22.3. The second-order valence-electron chi connectivity index (χ2n) is 8.26. The number of carbonyl (C=O) groups excluding carboxylic acids is 1. The van der Waals surface area contributed by atoms with E-state index in [0.29, 0.717) is 38.8 Å². The Hall–Kier alpha value is -1.93. The molecule has 4 rings (SSSR count). The van der Waals surface area contributed by atoms with Gasteiger partial charge in [-0.1, -0.05) is 37.6 Å². The standard InChI is InChI=1S/C23H27ClN2O4S/c1-16(2)17-5-8-22-18(14-17)4-3-9-26(22)23(27)20-15-19(6-7-21(20)24)31(28,29)25-10-12-30-13-11-25/h5-8,14-16H,3-4,9-13H2,1-2H3. The van der Waals surface area contributed by atoms with Crippen molar-refractivity contribution in [2.45, 2.75) is 37.5 Å². The van der Waals surface area contributed by atoms with E-state index in [2.05, 4.69) is 26.0 Å². The van der Waals surface area contributed by atoms with E-state index in [-0.39, 0.29) is 21.4 Å². The second-order valence-corrected chi connectivity index (χ2v) is 10.6. The number of nitrogens with zero attached hydrogens (tertiary/aromatic N) is 2. The first-order valence-corrected chi connectivity index (χ1v) is 12.4. The molecule has 1 fully saturated rings. The summed E-state index contributed by atoms with van der Waals surface area (Å²) in [5.74, 6) is 0.134. The Labute approximate surface area is 188 Å². The lowest BCUT2D eigenvalue weighted by atomic mass is 9.94. The van der Waals surface area contributed by atoms with Crippen LogP contribution in [0.3, 0.4) is 0 Å². The Morgan fingerprint density at radius 2 is 1.81 bits per heavy atom. The van der Waals surface area contributed by atoms with Gasteiger partial charge in [-0.15, -0.1) is 0 Å². The number of carbonyl (C=O) groups is 1. The molecule has 0 N–H and O–H groups in total. The number of anilines is 1. The maximum Gasteiger partial charge on any atom is 0.259 e. The number of amides is 1. The zero-order valence-electron chi connectivity index (χ0n) is 17.8. The minimum Gasteiger partial charge on any atom is -0.379 e. The van der Waals surface area contributed by atoms with E-state index in [4.69, 9.17) is 16.3 Å². The van der Waals surface area contributed by atoms with Crippen LogP contribution in [0.25, 0.3) is 0 Å². The fourth-order valence-electron chi connectivity index (χ4n) is 4.10. The van der Waals surface area contributed by atoms with E-state index in [0.717, 1.165) is 24.1 Å². The van der Waals surface area contributed by atoms with Crippen molar-refractivity contribution in [3.63, 3.8) is 0 Å². The molecule has 166 valence electrons. The van der Waals surface area contributed by atoms with Gasteiger partial charge in [0.15, 0.2) is 0 Å². The van der Waals surface area contributed by atoms with Crippen molar-refractivity contribution < 1.29 is 17.9 Å². The normalized spacial score (nSPS) is 17.6. The topological polar surface area (TPSA) is 66.9 Å². The molecule has 31 heavy (non-hydrogen) atoms. The highest BCUT2D eigenvalue weighted by Gasteiger charge is 2.30. The smallest absolute Gasteiger partial charge is 0.259 e. The van der Waals surface area contributed by atoms with Crippen molar-refractivity contribution in [3.05, 3.63) is 58.1 Å². The van der Waals surface area contributed by atoms with Crippen LogP contribution in [0.2, 0.25) is 5.02 Å². The first-order valence-electron chi connectivity index (χ1n) is 10.6. The van der Waals surface area contributed by atoms with E-state index in [9.17, 15) is 13.2 Å². The molecular weight excluding hydrogens is 436 g/mol. The van der Waals surface area contributed by atoms with Crippen molar-refractivity contribution in [3.8, 4) is 0 Å². The van der Waals surface area contributed by atoms with Gasteiger partial charge in [-0.25, -0.2) is 8.42 Å². The van der Waals surface area contributed by atoms with Crippen LogP contribution in [0, 0.1) is 0 Å². The van der Waals surface area contributed by atoms with Crippen molar-refractivity contribution in [1.29, 1.82) is 0 Å². The number of morpholine rings is 1. The van der Waals surface area contributed by atoms with E-state index >= 15 is 0 Å². The van der Waals surface area contributed by atoms with Crippen molar-refractivity contribution in [2.75, 3.05) is 37.7 Å². The van der Waals surface area contributed by atoms with E-state index in [1.165, 1.54) is 28.1 Å². The first-order chi connectivity index (χ1) is 14.8. The number of aryl methyl sites for hydroxylation is 1. The molecule has 0 unspecified atom stereocenters. The molecule has 0 atom stereocenters. The molecule has 2 aliphatic rings. The number of fused-ring (bicyclic) bond motifs is 1. The molecule has 0 aromatic heterocycles. The highest BCUT2D eigenvalue weighted by molar-refractivity contribution is 7.89. The third-order valence-corrected chi connectivity index (χ3v) is 8.13. The molecule has 0 bridgehead atoms. The summed E-state index contributed by atoms with van der Waals surface area (Å²) in [4.78, 5) is 15.3. The number of hydrogen-bond donors (Lipinski definition) is 0. The van der Waals surface area contributed by atoms with E-state index in [1.807, 2.05) is 6.07 Å². The number of sulfonamides is 1. The summed E-state index contributed by atoms with van der Waals surface area (Å²) in [6.45, 7) is 6.19. The quantitative estimate of drug-likeness (QED) is 0.686. The van der Waals surface area contributed by atoms with Gasteiger partial charge in [0.25, 0.3) is 5.91 Å². The Morgan fingerprint density at radius 3 is 2.52 bits per heavy atom. The van der Waals surface area contributed by atoms with Crippen molar-refractivity contribution >= 4 is 33.2 Å². The summed E-state index contributed by atoms with van der Waals surface area (Å²) in [5.41, 5.74) is 3.46. The number of rotatable bonds is 4. The molecule has 2 aliphatic heterocycles. The average Bonchev–Trinajstić information content (AvgIpc) is 2.78. The van der Waals surface area contributed by atoms with Crippen LogP contribution in [-0.4, -0.2) is 51.5 Å². The lowest BCUT2D eigenvalue weighted by molar-refractivity contribution is 0.0730.